The molecule has 1 atom stereocenters. The second kappa shape index (κ2) is 11.1. The predicted octanol–water partition coefficient (Wildman–Crippen LogP) is 4.22. The Bertz CT molecular complexity index is 978. The fraction of sp³-hybridized carbons (Fsp3) is 0.308. The van der Waals surface area contributed by atoms with Gasteiger partial charge < -0.3 is 10.7 Å². The number of Topliss-reactive ketones (excluding diaryl/α,β-unsaturated/α-hetero) is 1. The van der Waals surface area contributed by atoms with Crippen molar-refractivity contribution in [3.63, 3.8) is 0 Å². The highest BCUT2D eigenvalue weighted by atomic mass is 16.1. The highest BCUT2D eigenvalue weighted by molar-refractivity contribution is 5.86. The molecule has 3 rings (SSSR count). The minimum absolute atomic E-state index is 0.0101. The first-order chi connectivity index (χ1) is 14.6. The molecule has 1 heterocycles. The van der Waals surface area contributed by atoms with Crippen molar-refractivity contribution < 1.29 is 4.79 Å². The second-order valence-electron chi connectivity index (χ2n) is 7.62. The van der Waals surface area contributed by atoms with Crippen LogP contribution in [0.5, 0.6) is 0 Å². The number of rotatable bonds is 9. The molecule has 0 aliphatic carbocycles. The summed E-state index contributed by atoms with van der Waals surface area (Å²) in [5.41, 5.74) is 11.1. The molecule has 154 valence electrons. The van der Waals surface area contributed by atoms with Crippen LogP contribution in [0.4, 0.5) is 0 Å². The lowest BCUT2D eigenvalue weighted by Gasteiger charge is -2.09. The number of unbranched alkanes of at least 4 members (excludes halogenated alkanes) is 2. The van der Waals surface area contributed by atoms with E-state index in [1.165, 1.54) is 24.8 Å². The lowest BCUT2D eigenvalue weighted by atomic mass is 10.0. The van der Waals surface area contributed by atoms with Gasteiger partial charge in [0.1, 0.15) is 0 Å². The third-order valence-corrected chi connectivity index (χ3v) is 5.10. The molecule has 0 aliphatic rings. The first kappa shape index (κ1) is 21.5. The molecule has 3 N–H and O–H groups in total. The van der Waals surface area contributed by atoms with Gasteiger partial charge in [-0.15, -0.1) is 0 Å². The van der Waals surface area contributed by atoms with E-state index in [2.05, 4.69) is 53.0 Å². The molecule has 0 fully saturated rings. The van der Waals surface area contributed by atoms with Crippen molar-refractivity contribution in [2.24, 2.45) is 5.73 Å². The highest BCUT2D eigenvalue weighted by Crippen LogP contribution is 2.10. The van der Waals surface area contributed by atoms with Gasteiger partial charge in [-0.3, -0.25) is 4.79 Å². The zero-order chi connectivity index (χ0) is 21.2. The predicted molar refractivity (Wildman–Crippen MR) is 121 cm³/mol. The minimum Gasteiger partial charge on any atom is -0.351 e. The van der Waals surface area contributed by atoms with Gasteiger partial charge in [-0.05, 0) is 48.2 Å². The summed E-state index contributed by atoms with van der Waals surface area (Å²) in [4.78, 5) is 19.4. The SMILES string of the molecule is CCCCCc1ccc(C#Cc2ccc(CC(=O)[C@@H](N)Cc3c[nH]cn3)cc2)cc1. The largest absolute Gasteiger partial charge is 0.351 e. The second-order valence-corrected chi connectivity index (χ2v) is 7.62. The number of benzene rings is 2. The first-order valence-electron chi connectivity index (χ1n) is 10.6. The van der Waals surface area contributed by atoms with Gasteiger partial charge >= 0.3 is 0 Å². The summed E-state index contributed by atoms with van der Waals surface area (Å²) in [7, 11) is 0. The zero-order valence-corrected chi connectivity index (χ0v) is 17.5. The fourth-order valence-corrected chi connectivity index (χ4v) is 3.26. The van der Waals surface area contributed by atoms with Crippen LogP contribution in [-0.2, 0) is 24.1 Å². The summed E-state index contributed by atoms with van der Waals surface area (Å²) in [5, 5.41) is 0. The quantitative estimate of drug-likeness (QED) is 0.418. The van der Waals surface area contributed by atoms with Crippen LogP contribution >= 0.6 is 0 Å². The van der Waals surface area contributed by atoms with Crippen LogP contribution in [0.1, 0.15) is 54.1 Å². The molecule has 1 aromatic heterocycles. The van der Waals surface area contributed by atoms with Gasteiger partial charge in [0.25, 0.3) is 0 Å². The number of carbonyl (C=O) groups excluding carboxylic acids is 1. The van der Waals surface area contributed by atoms with Gasteiger partial charge in [-0.1, -0.05) is 55.9 Å². The molecule has 4 heteroatoms. The van der Waals surface area contributed by atoms with E-state index in [0.717, 1.165) is 28.8 Å². The number of aromatic amines is 1. The van der Waals surface area contributed by atoms with Crippen LogP contribution in [0, 0.1) is 11.8 Å². The Hall–Kier alpha value is -3.16. The number of hydrogen-bond donors (Lipinski definition) is 2. The standard InChI is InChI=1S/C26H29N3O/c1-2-3-4-5-20-6-8-21(9-7-20)10-11-22-12-14-23(15-13-22)16-26(30)25(27)17-24-18-28-19-29-24/h6-9,12-15,18-19,25H,2-5,16-17,27H2,1H3,(H,28,29)/t25-/m0/s1. The van der Waals surface area contributed by atoms with Crippen LogP contribution in [0.3, 0.4) is 0 Å². The molecule has 0 saturated carbocycles. The number of hydrogen-bond acceptors (Lipinski definition) is 3. The maximum Gasteiger partial charge on any atom is 0.154 e. The monoisotopic (exact) mass is 399 g/mol. The summed E-state index contributed by atoms with van der Waals surface area (Å²) < 4.78 is 0. The molecule has 4 nitrogen and oxygen atoms in total. The molecule has 30 heavy (non-hydrogen) atoms. The summed E-state index contributed by atoms with van der Waals surface area (Å²) in [6, 6.07) is 15.8. The van der Waals surface area contributed by atoms with Crippen LogP contribution in [0.25, 0.3) is 0 Å². The Labute approximate surface area is 178 Å². The van der Waals surface area contributed by atoms with Crippen molar-refractivity contribution in [1.29, 1.82) is 0 Å². The number of aryl methyl sites for hydroxylation is 1. The van der Waals surface area contributed by atoms with E-state index < -0.39 is 6.04 Å². The molecule has 0 amide bonds. The number of carbonyl (C=O) groups is 1. The van der Waals surface area contributed by atoms with Crippen LogP contribution in [0.2, 0.25) is 0 Å². The third-order valence-electron chi connectivity index (χ3n) is 5.10. The minimum atomic E-state index is -0.544. The maximum absolute atomic E-state index is 12.4. The Morgan fingerprint density at radius 1 is 1.00 bits per heavy atom. The van der Waals surface area contributed by atoms with E-state index in [0.29, 0.717) is 12.8 Å². The molecular weight excluding hydrogens is 370 g/mol. The molecule has 0 aliphatic heterocycles. The van der Waals surface area contributed by atoms with E-state index in [4.69, 9.17) is 5.73 Å². The molecule has 0 saturated heterocycles. The average molecular weight is 400 g/mol. The number of ketones is 1. The van der Waals surface area contributed by atoms with Gasteiger partial charge in [0, 0.05) is 30.2 Å². The maximum atomic E-state index is 12.4. The summed E-state index contributed by atoms with van der Waals surface area (Å²) in [6.07, 6.45) is 9.02. The lowest BCUT2D eigenvalue weighted by molar-refractivity contribution is -0.119. The summed E-state index contributed by atoms with van der Waals surface area (Å²) in [5.74, 6) is 6.42. The number of imidazole rings is 1. The first-order valence-corrected chi connectivity index (χ1v) is 10.6. The smallest absolute Gasteiger partial charge is 0.154 e. The van der Waals surface area contributed by atoms with Crippen LogP contribution in [-0.4, -0.2) is 21.8 Å². The summed E-state index contributed by atoms with van der Waals surface area (Å²) >= 11 is 0. The van der Waals surface area contributed by atoms with Crippen LogP contribution < -0.4 is 5.73 Å². The van der Waals surface area contributed by atoms with Gasteiger partial charge in [-0.2, -0.15) is 0 Å². The van der Waals surface area contributed by atoms with Crippen molar-refractivity contribution in [2.45, 2.75) is 51.5 Å². The van der Waals surface area contributed by atoms with Gasteiger partial charge in [0.05, 0.1) is 18.1 Å². The number of H-pyrrole nitrogens is 1. The lowest BCUT2D eigenvalue weighted by Crippen LogP contribution is -2.34. The Morgan fingerprint density at radius 2 is 1.63 bits per heavy atom. The molecule has 3 aromatic rings. The zero-order valence-electron chi connectivity index (χ0n) is 17.5. The molecule has 0 bridgehead atoms. The Balaban J connectivity index is 1.52. The van der Waals surface area contributed by atoms with Gasteiger partial charge in [0.2, 0.25) is 0 Å². The molecule has 2 aromatic carbocycles. The number of nitrogens with zero attached hydrogens (tertiary/aromatic N) is 1. The number of aromatic nitrogens is 2. The molecular formula is C26H29N3O. The fourth-order valence-electron chi connectivity index (χ4n) is 3.26. The number of nitrogens with one attached hydrogen (secondary N) is 1. The van der Waals surface area contributed by atoms with Gasteiger partial charge in [0.15, 0.2) is 5.78 Å². The molecule has 0 radical (unpaired) electrons. The van der Waals surface area contributed by atoms with E-state index in [-0.39, 0.29) is 5.78 Å². The number of nitrogens with two attached hydrogens (primary N) is 1. The average Bonchev–Trinajstić information content (AvgIpc) is 3.27. The van der Waals surface area contributed by atoms with E-state index >= 15 is 0 Å². The summed E-state index contributed by atoms with van der Waals surface area (Å²) in [6.45, 7) is 2.22. The normalized spacial score (nSPS) is 11.5. The van der Waals surface area contributed by atoms with E-state index in [1.807, 2.05) is 24.3 Å². The van der Waals surface area contributed by atoms with Crippen molar-refractivity contribution in [1.82, 2.24) is 9.97 Å². The van der Waals surface area contributed by atoms with Crippen molar-refractivity contribution in [2.75, 3.05) is 0 Å². The van der Waals surface area contributed by atoms with Crippen molar-refractivity contribution in [3.8, 4) is 11.8 Å². The molecule has 0 spiro atoms. The van der Waals surface area contributed by atoms with Crippen LogP contribution in [0.15, 0.2) is 61.1 Å². The highest BCUT2D eigenvalue weighted by Gasteiger charge is 2.15. The van der Waals surface area contributed by atoms with Crippen molar-refractivity contribution in [3.05, 3.63) is 89.0 Å². The third kappa shape index (κ3) is 6.72. The molecule has 0 unspecified atom stereocenters. The van der Waals surface area contributed by atoms with E-state index in [9.17, 15) is 4.79 Å². The van der Waals surface area contributed by atoms with Gasteiger partial charge in [-0.25, -0.2) is 4.98 Å². The Morgan fingerprint density at radius 3 is 2.20 bits per heavy atom. The van der Waals surface area contributed by atoms with Crippen molar-refractivity contribution >= 4 is 5.78 Å². The topological polar surface area (TPSA) is 71.8 Å². The van der Waals surface area contributed by atoms with E-state index in [1.54, 1.807) is 12.5 Å². The Kier molecular flexibility index (Phi) is 8.00.